The van der Waals surface area contributed by atoms with Crippen LogP contribution in [0, 0.1) is 11.6 Å². The van der Waals surface area contributed by atoms with Crippen molar-refractivity contribution in [2.45, 2.75) is 19.3 Å². The lowest BCUT2D eigenvalue weighted by molar-refractivity contribution is 0.439. The summed E-state index contributed by atoms with van der Waals surface area (Å²) in [6.07, 6.45) is 3.18. The number of hydrogen-bond donors (Lipinski definition) is 1. The predicted molar refractivity (Wildman–Crippen MR) is 104 cm³/mol. The minimum Gasteiger partial charge on any atom is -0.454 e. The second-order valence-electron chi connectivity index (χ2n) is 6.12. The first-order valence-corrected chi connectivity index (χ1v) is 9.55. The van der Waals surface area contributed by atoms with Crippen LogP contribution in [0.25, 0.3) is 11.3 Å². The van der Waals surface area contributed by atoms with Crippen molar-refractivity contribution >= 4 is 22.3 Å². The van der Waals surface area contributed by atoms with E-state index in [-0.39, 0.29) is 5.75 Å². The van der Waals surface area contributed by atoms with Gasteiger partial charge in [0.2, 0.25) is 0 Å². The zero-order valence-electron chi connectivity index (χ0n) is 14.4. The van der Waals surface area contributed by atoms with Gasteiger partial charge in [0, 0.05) is 30.0 Å². The van der Waals surface area contributed by atoms with Crippen LogP contribution in [0.5, 0.6) is 11.5 Å². The Labute approximate surface area is 159 Å². The van der Waals surface area contributed by atoms with Crippen LogP contribution in [0.1, 0.15) is 19.3 Å². The van der Waals surface area contributed by atoms with Crippen LogP contribution in [0.15, 0.2) is 52.8 Å². The van der Waals surface area contributed by atoms with E-state index in [4.69, 9.17) is 4.74 Å². The van der Waals surface area contributed by atoms with E-state index < -0.39 is 11.6 Å². The lowest BCUT2D eigenvalue weighted by Gasteiger charge is -2.12. The van der Waals surface area contributed by atoms with E-state index in [9.17, 15) is 8.78 Å². The van der Waals surface area contributed by atoms with Crippen molar-refractivity contribution in [1.82, 2.24) is 4.98 Å². The van der Waals surface area contributed by atoms with Gasteiger partial charge in [-0.2, -0.15) is 0 Å². The van der Waals surface area contributed by atoms with Gasteiger partial charge in [-0.25, -0.2) is 13.8 Å². The molecule has 0 spiro atoms. The molecule has 2 heterocycles. The number of benzene rings is 2. The summed E-state index contributed by atoms with van der Waals surface area (Å²) in [6, 6.07) is 10.5. The van der Waals surface area contributed by atoms with E-state index in [0.29, 0.717) is 5.75 Å². The molecule has 0 saturated carbocycles. The monoisotopic (exact) mass is 385 g/mol. The maximum atomic E-state index is 13.9. The number of rotatable bonds is 4. The molecule has 0 atom stereocenters. The van der Waals surface area contributed by atoms with E-state index in [1.165, 1.54) is 17.4 Å². The number of thiazole rings is 1. The summed E-state index contributed by atoms with van der Waals surface area (Å²) in [5.41, 5.74) is 1.45. The molecule has 3 aromatic rings. The van der Waals surface area contributed by atoms with Gasteiger partial charge < -0.3 is 10.1 Å². The summed E-state index contributed by atoms with van der Waals surface area (Å²) < 4.78 is 32.7. The number of nitrogens with zero attached hydrogens (tertiary/aromatic N) is 2. The molecule has 0 radical (unpaired) electrons. The molecule has 2 aromatic carbocycles. The third-order valence-electron chi connectivity index (χ3n) is 4.16. The van der Waals surface area contributed by atoms with Gasteiger partial charge in [0.25, 0.3) is 0 Å². The van der Waals surface area contributed by atoms with E-state index in [2.05, 4.69) is 15.3 Å². The van der Waals surface area contributed by atoms with Crippen LogP contribution < -0.4 is 10.1 Å². The van der Waals surface area contributed by atoms with Gasteiger partial charge in [-0.05, 0) is 37.1 Å². The molecule has 1 aliphatic rings. The number of amidine groups is 1. The van der Waals surface area contributed by atoms with Crippen molar-refractivity contribution < 1.29 is 13.5 Å². The molecule has 7 heteroatoms. The lowest BCUT2D eigenvalue weighted by Crippen LogP contribution is -2.15. The largest absolute Gasteiger partial charge is 0.454 e. The van der Waals surface area contributed by atoms with Crippen molar-refractivity contribution in [3.63, 3.8) is 0 Å². The van der Waals surface area contributed by atoms with Crippen molar-refractivity contribution in [2.75, 3.05) is 11.9 Å². The minimum atomic E-state index is -0.749. The Morgan fingerprint density at radius 3 is 2.74 bits per heavy atom. The number of nitrogens with one attached hydrogen (secondary N) is 1. The molecular formula is C20H17F2N3OS. The van der Waals surface area contributed by atoms with E-state index >= 15 is 0 Å². The second kappa shape index (κ2) is 7.84. The summed E-state index contributed by atoms with van der Waals surface area (Å²) in [7, 11) is 0. The normalized spacial score (nSPS) is 13.9. The molecule has 0 unspecified atom stereocenters. The van der Waals surface area contributed by atoms with E-state index in [0.717, 1.165) is 60.2 Å². The van der Waals surface area contributed by atoms with Gasteiger partial charge in [-0.3, -0.25) is 4.99 Å². The second-order valence-corrected chi connectivity index (χ2v) is 6.98. The van der Waals surface area contributed by atoms with Gasteiger partial charge in [0.05, 0.1) is 5.69 Å². The smallest absolute Gasteiger partial charge is 0.188 e. The van der Waals surface area contributed by atoms with Crippen LogP contribution >= 0.6 is 11.3 Å². The van der Waals surface area contributed by atoms with E-state index in [1.54, 1.807) is 12.1 Å². The molecule has 4 nitrogen and oxygen atoms in total. The van der Waals surface area contributed by atoms with Crippen molar-refractivity contribution in [3.8, 4) is 22.8 Å². The summed E-state index contributed by atoms with van der Waals surface area (Å²) in [4.78, 5) is 9.08. The summed E-state index contributed by atoms with van der Waals surface area (Å²) in [5.74, 6) is -0.0151. The SMILES string of the molecule is Fc1ccc(Oc2ccccc2-c2csc(NC3=NCCCC3)n2)c(F)c1. The molecule has 138 valence electrons. The maximum Gasteiger partial charge on any atom is 0.188 e. The predicted octanol–water partition coefficient (Wildman–Crippen LogP) is 5.87. The number of halogens is 2. The Morgan fingerprint density at radius 2 is 1.93 bits per heavy atom. The van der Waals surface area contributed by atoms with Crippen LogP contribution in [0.2, 0.25) is 0 Å². The third kappa shape index (κ3) is 4.14. The molecule has 0 aliphatic carbocycles. The Morgan fingerprint density at radius 1 is 1.04 bits per heavy atom. The molecule has 1 aromatic heterocycles. The van der Waals surface area contributed by atoms with Gasteiger partial charge in [0.1, 0.15) is 17.4 Å². The summed E-state index contributed by atoms with van der Waals surface area (Å²) >= 11 is 1.48. The van der Waals surface area contributed by atoms with Crippen LogP contribution in [0.3, 0.4) is 0 Å². The lowest BCUT2D eigenvalue weighted by atomic mass is 10.1. The number of hydrogen-bond acceptors (Lipinski definition) is 5. The number of ether oxygens (including phenoxy) is 1. The summed E-state index contributed by atoms with van der Waals surface area (Å²) in [6.45, 7) is 0.848. The van der Waals surface area contributed by atoms with Crippen molar-refractivity contribution in [1.29, 1.82) is 0 Å². The van der Waals surface area contributed by atoms with Gasteiger partial charge >= 0.3 is 0 Å². The Balaban J connectivity index is 1.58. The topological polar surface area (TPSA) is 46.5 Å². The molecule has 27 heavy (non-hydrogen) atoms. The standard InChI is InChI=1S/C20H17F2N3OS/c21-13-8-9-18(15(22)11-13)26-17-6-2-1-5-14(17)16-12-27-20(24-16)25-19-7-3-4-10-23-19/h1-2,5-6,8-9,11-12H,3-4,7,10H2,(H,23,24,25). The Bertz CT molecular complexity index is 987. The molecule has 4 rings (SSSR count). The summed E-state index contributed by atoms with van der Waals surface area (Å²) in [5, 5.41) is 5.94. The van der Waals surface area contributed by atoms with Crippen molar-refractivity contribution in [2.24, 2.45) is 4.99 Å². The highest BCUT2D eigenvalue weighted by Crippen LogP contribution is 2.35. The number of anilines is 1. The molecule has 1 N–H and O–H groups in total. The molecule has 0 fully saturated rings. The molecule has 0 amide bonds. The highest BCUT2D eigenvalue weighted by atomic mass is 32.1. The Kier molecular flexibility index (Phi) is 5.11. The van der Waals surface area contributed by atoms with Gasteiger partial charge in [-0.1, -0.05) is 12.1 Å². The first-order chi connectivity index (χ1) is 13.2. The van der Waals surface area contributed by atoms with E-state index in [1.807, 2.05) is 17.5 Å². The molecule has 1 aliphatic heterocycles. The highest BCUT2D eigenvalue weighted by molar-refractivity contribution is 7.14. The fourth-order valence-electron chi connectivity index (χ4n) is 2.82. The molecule has 0 bridgehead atoms. The highest BCUT2D eigenvalue weighted by Gasteiger charge is 2.14. The first kappa shape index (κ1) is 17.6. The third-order valence-corrected chi connectivity index (χ3v) is 4.91. The zero-order chi connectivity index (χ0) is 18.6. The van der Waals surface area contributed by atoms with Crippen LogP contribution in [-0.4, -0.2) is 17.4 Å². The minimum absolute atomic E-state index is 0.0333. The fraction of sp³-hybridized carbons (Fsp3) is 0.200. The maximum absolute atomic E-state index is 13.9. The first-order valence-electron chi connectivity index (χ1n) is 8.67. The van der Waals surface area contributed by atoms with Crippen molar-refractivity contribution in [3.05, 3.63) is 59.5 Å². The van der Waals surface area contributed by atoms with Gasteiger partial charge in [-0.15, -0.1) is 11.3 Å². The fourth-order valence-corrected chi connectivity index (χ4v) is 3.55. The average molecular weight is 385 g/mol. The quantitative estimate of drug-likeness (QED) is 0.610. The zero-order valence-corrected chi connectivity index (χ0v) is 15.2. The number of para-hydroxylation sites is 1. The molecule has 0 saturated heterocycles. The Hall–Kier alpha value is -2.80. The van der Waals surface area contributed by atoms with Gasteiger partial charge in [0.15, 0.2) is 16.7 Å². The number of aromatic nitrogens is 1. The molecular weight excluding hydrogens is 368 g/mol. The van der Waals surface area contributed by atoms with Crippen LogP contribution in [0.4, 0.5) is 13.9 Å². The average Bonchev–Trinajstić information content (AvgIpc) is 3.13. The van der Waals surface area contributed by atoms with Crippen LogP contribution in [-0.2, 0) is 0 Å². The number of aliphatic imine (C=N–C) groups is 1.